The zero-order chi connectivity index (χ0) is 11.6. The van der Waals surface area contributed by atoms with Crippen LogP contribution in [-0.4, -0.2) is 41.5 Å². The van der Waals surface area contributed by atoms with E-state index in [9.17, 15) is 14.0 Å². The van der Waals surface area contributed by atoms with Crippen LogP contribution in [0.1, 0.15) is 27.2 Å². The number of piperazine rings is 1. The summed E-state index contributed by atoms with van der Waals surface area (Å²) in [5.41, 5.74) is -0.907. The normalized spacial score (nSPS) is 31.7. The molecule has 5 heteroatoms. The molecule has 1 N–H and O–H groups in total. The monoisotopic (exact) mass is 216 g/mol. The van der Waals surface area contributed by atoms with Gasteiger partial charge in [0, 0.05) is 0 Å². The van der Waals surface area contributed by atoms with Crippen molar-refractivity contribution in [1.29, 1.82) is 0 Å². The van der Waals surface area contributed by atoms with Gasteiger partial charge in [0.25, 0.3) is 0 Å². The molecule has 1 aliphatic heterocycles. The van der Waals surface area contributed by atoms with Crippen LogP contribution in [0.5, 0.6) is 0 Å². The van der Waals surface area contributed by atoms with Gasteiger partial charge in [-0.2, -0.15) is 0 Å². The molecule has 1 saturated heterocycles. The maximum atomic E-state index is 12.4. The number of halogens is 1. The van der Waals surface area contributed by atoms with Crippen LogP contribution in [-0.2, 0) is 9.59 Å². The number of alkyl halides is 1. The molecule has 2 atom stereocenters. The first-order valence-electron chi connectivity index (χ1n) is 5.15. The molecule has 0 spiro atoms. The first-order chi connectivity index (χ1) is 6.97. The first-order valence-corrected chi connectivity index (χ1v) is 5.15. The highest BCUT2D eigenvalue weighted by Crippen LogP contribution is 2.24. The van der Waals surface area contributed by atoms with Gasteiger partial charge in [-0.1, -0.05) is 6.92 Å². The number of carbonyl (C=O) groups excluding carboxylic acids is 2. The molecule has 2 unspecified atom stereocenters. The van der Waals surface area contributed by atoms with E-state index in [0.29, 0.717) is 6.42 Å². The van der Waals surface area contributed by atoms with Crippen molar-refractivity contribution >= 4 is 11.8 Å². The molecule has 0 radical (unpaired) electrons. The number of amides is 2. The molecular formula is C10H17FN2O2. The van der Waals surface area contributed by atoms with Gasteiger partial charge in [-0.3, -0.25) is 9.59 Å². The van der Waals surface area contributed by atoms with Crippen LogP contribution in [0.4, 0.5) is 4.39 Å². The minimum atomic E-state index is -0.907. The van der Waals surface area contributed by atoms with Crippen LogP contribution in [0.15, 0.2) is 0 Å². The van der Waals surface area contributed by atoms with E-state index in [-0.39, 0.29) is 18.4 Å². The van der Waals surface area contributed by atoms with Crippen LogP contribution >= 0.6 is 0 Å². The highest BCUT2D eigenvalue weighted by molar-refractivity contribution is 5.99. The highest BCUT2D eigenvalue weighted by Gasteiger charge is 2.46. The van der Waals surface area contributed by atoms with Crippen LogP contribution in [0.2, 0.25) is 0 Å². The number of hydrogen-bond acceptors (Lipinski definition) is 2. The Hall–Kier alpha value is -1.13. The second-order valence-electron chi connectivity index (χ2n) is 4.00. The summed E-state index contributed by atoms with van der Waals surface area (Å²) in [6.07, 6.45) is 0.483. The Bertz CT molecular complexity index is 283. The van der Waals surface area contributed by atoms with Crippen molar-refractivity contribution in [1.82, 2.24) is 10.2 Å². The molecule has 0 saturated carbocycles. The summed E-state index contributed by atoms with van der Waals surface area (Å²) in [5.74, 6) is -0.415. The largest absolute Gasteiger partial charge is 0.343 e. The summed E-state index contributed by atoms with van der Waals surface area (Å²) in [6.45, 7) is 4.46. The van der Waals surface area contributed by atoms with Crippen LogP contribution < -0.4 is 5.32 Å². The summed E-state index contributed by atoms with van der Waals surface area (Å²) in [7, 11) is 0. The number of hydrogen-bond donors (Lipinski definition) is 1. The number of carbonyl (C=O) groups is 2. The standard InChI is InChI=1S/C10H17FN2O2/c1-4-10(3)9(15)12-7(2)8(14)13(10)6-5-11/h7H,4-6H2,1-3H3,(H,12,15). The van der Waals surface area contributed by atoms with Gasteiger partial charge in [-0.15, -0.1) is 0 Å². The lowest BCUT2D eigenvalue weighted by Crippen LogP contribution is -2.68. The van der Waals surface area contributed by atoms with E-state index in [0.717, 1.165) is 0 Å². The van der Waals surface area contributed by atoms with E-state index >= 15 is 0 Å². The number of nitrogens with one attached hydrogen (secondary N) is 1. The molecule has 0 aromatic heterocycles. The second-order valence-corrected chi connectivity index (χ2v) is 4.00. The van der Waals surface area contributed by atoms with Crippen molar-refractivity contribution in [2.75, 3.05) is 13.2 Å². The maximum absolute atomic E-state index is 12.4. The molecule has 0 aliphatic carbocycles. The van der Waals surface area contributed by atoms with Gasteiger partial charge < -0.3 is 10.2 Å². The minimum Gasteiger partial charge on any atom is -0.343 e. The summed E-state index contributed by atoms with van der Waals surface area (Å²) in [6, 6.07) is -0.552. The quantitative estimate of drug-likeness (QED) is 0.745. The fourth-order valence-corrected chi connectivity index (χ4v) is 1.81. The molecule has 1 aliphatic rings. The zero-order valence-corrected chi connectivity index (χ0v) is 9.34. The van der Waals surface area contributed by atoms with Gasteiger partial charge in [0.1, 0.15) is 18.3 Å². The third-order valence-corrected chi connectivity index (χ3v) is 3.07. The van der Waals surface area contributed by atoms with Crippen LogP contribution in [0.25, 0.3) is 0 Å². The van der Waals surface area contributed by atoms with Gasteiger partial charge in [-0.25, -0.2) is 4.39 Å². The summed E-state index contributed by atoms with van der Waals surface area (Å²) >= 11 is 0. The number of nitrogens with zero attached hydrogens (tertiary/aromatic N) is 1. The molecule has 2 amide bonds. The minimum absolute atomic E-state index is 0.0130. The number of rotatable bonds is 3. The molecule has 1 fully saturated rings. The van der Waals surface area contributed by atoms with E-state index in [1.165, 1.54) is 4.90 Å². The molecule has 15 heavy (non-hydrogen) atoms. The molecule has 1 heterocycles. The Morgan fingerprint density at radius 3 is 2.60 bits per heavy atom. The highest BCUT2D eigenvalue weighted by atomic mass is 19.1. The predicted octanol–water partition coefficient (Wildman–Crippen LogP) is 0.471. The van der Waals surface area contributed by atoms with Gasteiger partial charge in [0.05, 0.1) is 6.54 Å². The molecule has 0 aromatic rings. The first kappa shape index (κ1) is 11.9. The lowest BCUT2D eigenvalue weighted by atomic mass is 9.91. The van der Waals surface area contributed by atoms with Gasteiger partial charge in [0.2, 0.25) is 11.8 Å². The molecule has 4 nitrogen and oxygen atoms in total. The lowest BCUT2D eigenvalue weighted by molar-refractivity contribution is -0.156. The van der Waals surface area contributed by atoms with Crippen molar-refractivity contribution in [3.8, 4) is 0 Å². The second kappa shape index (κ2) is 4.16. The Balaban J connectivity index is 3.00. The van der Waals surface area contributed by atoms with Gasteiger partial charge in [0.15, 0.2) is 0 Å². The van der Waals surface area contributed by atoms with Crippen molar-refractivity contribution < 1.29 is 14.0 Å². The Morgan fingerprint density at radius 2 is 2.13 bits per heavy atom. The Morgan fingerprint density at radius 1 is 1.53 bits per heavy atom. The predicted molar refractivity (Wildman–Crippen MR) is 54.0 cm³/mol. The van der Waals surface area contributed by atoms with Crippen LogP contribution in [0.3, 0.4) is 0 Å². The molecule has 1 rings (SSSR count). The fraction of sp³-hybridized carbons (Fsp3) is 0.800. The summed E-state index contributed by atoms with van der Waals surface area (Å²) < 4.78 is 12.4. The fourth-order valence-electron chi connectivity index (χ4n) is 1.81. The Labute approximate surface area is 88.8 Å². The lowest BCUT2D eigenvalue weighted by Gasteiger charge is -2.44. The maximum Gasteiger partial charge on any atom is 0.246 e. The summed E-state index contributed by atoms with van der Waals surface area (Å²) in [4.78, 5) is 24.9. The average molecular weight is 216 g/mol. The van der Waals surface area contributed by atoms with Crippen molar-refractivity contribution in [3.63, 3.8) is 0 Å². The molecule has 0 bridgehead atoms. The molecule has 0 aromatic carbocycles. The third kappa shape index (κ3) is 1.82. The summed E-state index contributed by atoms with van der Waals surface area (Å²) in [5, 5.41) is 2.61. The van der Waals surface area contributed by atoms with E-state index in [2.05, 4.69) is 5.32 Å². The smallest absolute Gasteiger partial charge is 0.246 e. The SMILES string of the molecule is CCC1(C)C(=O)NC(C)C(=O)N1CCF. The molecule has 86 valence electrons. The molecular weight excluding hydrogens is 199 g/mol. The Kier molecular flexibility index (Phi) is 3.31. The van der Waals surface area contributed by atoms with E-state index in [1.807, 2.05) is 6.92 Å². The average Bonchev–Trinajstić information content (AvgIpc) is 2.21. The van der Waals surface area contributed by atoms with E-state index in [4.69, 9.17) is 0 Å². The van der Waals surface area contributed by atoms with Crippen molar-refractivity contribution in [3.05, 3.63) is 0 Å². The van der Waals surface area contributed by atoms with Crippen molar-refractivity contribution in [2.24, 2.45) is 0 Å². The van der Waals surface area contributed by atoms with Crippen molar-refractivity contribution in [2.45, 2.75) is 38.8 Å². The topological polar surface area (TPSA) is 49.4 Å². The van der Waals surface area contributed by atoms with Gasteiger partial charge >= 0.3 is 0 Å². The van der Waals surface area contributed by atoms with E-state index < -0.39 is 18.3 Å². The van der Waals surface area contributed by atoms with E-state index in [1.54, 1.807) is 13.8 Å². The third-order valence-electron chi connectivity index (χ3n) is 3.07. The zero-order valence-electron chi connectivity index (χ0n) is 9.34. The van der Waals surface area contributed by atoms with Crippen LogP contribution in [0, 0.1) is 0 Å². The van der Waals surface area contributed by atoms with Gasteiger partial charge in [-0.05, 0) is 20.3 Å².